The van der Waals surface area contributed by atoms with Crippen LogP contribution in [0.15, 0.2) is 85.7 Å². The van der Waals surface area contributed by atoms with Crippen LogP contribution in [0.4, 0.5) is 0 Å². The first-order chi connectivity index (χ1) is 17.2. The Bertz CT molecular complexity index is 1500. The summed E-state index contributed by atoms with van der Waals surface area (Å²) in [6, 6.07) is 21.2. The number of aliphatic hydroxyl groups excluding tert-OH is 1. The van der Waals surface area contributed by atoms with Gasteiger partial charge in [0.05, 0.1) is 11.9 Å². The molecule has 2 aromatic heterocycles. The molecule has 0 bridgehead atoms. The zero-order valence-electron chi connectivity index (χ0n) is 19.1. The van der Waals surface area contributed by atoms with Gasteiger partial charge in [0.1, 0.15) is 29.7 Å². The normalized spacial score (nSPS) is 11.9. The van der Waals surface area contributed by atoms with E-state index in [-0.39, 0.29) is 0 Å². The van der Waals surface area contributed by atoms with Gasteiger partial charge in [-0.3, -0.25) is 0 Å². The number of aliphatic hydroxyl groups is 1. The van der Waals surface area contributed by atoms with E-state index in [2.05, 4.69) is 21.5 Å². The molecule has 0 fully saturated rings. The predicted molar refractivity (Wildman–Crippen MR) is 137 cm³/mol. The number of benzene rings is 3. The van der Waals surface area contributed by atoms with Crippen molar-refractivity contribution in [3.8, 4) is 22.9 Å². The first kappa shape index (κ1) is 22.4. The molecular weight excluding hydrogens is 438 g/mol. The number of ether oxygens (including phenoxy) is 1. The monoisotopic (exact) mass is 463 g/mol. The van der Waals surface area contributed by atoms with Crippen molar-refractivity contribution < 1.29 is 14.6 Å². The molecule has 0 aliphatic heterocycles. The molecule has 0 saturated heterocycles. The molecule has 0 radical (unpaired) electrons. The molecule has 0 aliphatic rings. The van der Waals surface area contributed by atoms with Crippen molar-refractivity contribution in [2.45, 2.75) is 18.9 Å². The second-order valence-electron chi connectivity index (χ2n) is 8.29. The number of fused-ring (bicyclic) bond motifs is 1. The Morgan fingerprint density at radius 3 is 2.83 bits per heavy atom. The number of aromatic nitrogens is 3. The Balaban J connectivity index is 1.38. The van der Waals surface area contributed by atoms with Crippen LogP contribution in [0.1, 0.15) is 34.9 Å². The Morgan fingerprint density at radius 1 is 1.09 bits per heavy atom. The number of hydrogen-bond donors (Lipinski definition) is 3. The van der Waals surface area contributed by atoms with Gasteiger partial charge in [-0.25, -0.2) is 4.98 Å². The maximum Gasteiger partial charge on any atom is 0.137 e. The number of rotatable bonds is 9. The molecule has 0 amide bonds. The number of imidazole rings is 1. The van der Waals surface area contributed by atoms with Crippen LogP contribution >= 0.6 is 0 Å². The Labute approximate surface area is 202 Å². The third-order valence-electron chi connectivity index (χ3n) is 5.98. The molecule has 0 spiro atoms. The molecule has 0 saturated carbocycles. The minimum atomic E-state index is -0.852. The van der Waals surface area contributed by atoms with E-state index in [1.807, 2.05) is 72.9 Å². The highest BCUT2D eigenvalue weighted by atomic mass is 16.5. The second kappa shape index (κ2) is 9.83. The summed E-state index contributed by atoms with van der Waals surface area (Å²) in [7, 11) is 0. The van der Waals surface area contributed by atoms with E-state index in [9.17, 15) is 9.90 Å². The molecule has 2 heterocycles. The predicted octanol–water partition coefficient (Wildman–Crippen LogP) is 6.21. The standard InChI is InChI=1S/C29H25N3O3/c1-2-23-24-13-14-30-25(24)11-12-27(23)35-22-10-4-9-21(17-22)29-31-18-26(32-29)28(34)20-8-3-6-19(16-20)7-5-15-33/h2-4,6,8-18,28,30,34H,1,5,7H2,(H,31,32). The highest BCUT2D eigenvalue weighted by Gasteiger charge is 2.15. The average Bonchev–Trinajstić information content (AvgIpc) is 3.57. The van der Waals surface area contributed by atoms with E-state index in [0.29, 0.717) is 35.9 Å². The fourth-order valence-electron chi connectivity index (χ4n) is 4.21. The number of hydrogen-bond acceptors (Lipinski definition) is 4. The van der Waals surface area contributed by atoms with Crippen molar-refractivity contribution in [1.29, 1.82) is 0 Å². The van der Waals surface area contributed by atoms with Crippen molar-refractivity contribution in [2.75, 3.05) is 0 Å². The first-order valence-corrected chi connectivity index (χ1v) is 11.4. The lowest BCUT2D eigenvalue weighted by molar-refractivity contribution is -0.107. The summed E-state index contributed by atoms with van der Waals surface area (Å²) < 4.78 is 6.21. The molecule has 0 aliphatic carbocycles. The summed E-state index contributed by atoms with van der Waals surface area (Å²) in [5, 5.41) is 11.9. The second-order valence-corrected chi connectivity index (χ2v) is 8.29. The van der Waals surface area contributed by atoms with Crippen molar-refractivity contribution >= 4 is 23.3 Å². The summed E-state index contributed by atoms with van der Waals surface area (Å²) in [6.45, 7) is 3.94. The summed E-state index contributed by atoms with van der Waals surface area (Å²) in [4.78, 5) is 21.6. The van der Waals surface area contributed by atoms with Crippen molar-refractivity contribution in [1.82, 2.24) is 15.0 Å². The fraction of sp³-hybridized carbons (Fsp3) is 0.103. The Kier molecular flexibility index (Phi) is 6.28. The highest BCUT2D eigenvalue weighted by molar-refractivity contribution is 5.91. The van der Waals surface area contributed by atoms with Crippen LogP contribution in [0, 0.1) is 0 Å². The van der Waals surface area contributed by atoms with Gasteiger partial charge in [0.25, 0.3) is 0 Å². The number of nitrogens with one attached hydrogen (secondary N) is 2. The van der Waals surface area contributed by atoms with Gasteiger partial charge in [0.15, 0.2) is 0 Å². The Hall–Kier alpha value is -4.42. The number of aromatic amines is 2. The van der Waals surface area contributed by atoms with E-state index in [1.54, 1.807) is 12.3 Å². The quantitative estimate of drug-likeness (QED) is 0.227. The van der Waals surface area contributed by atoms with Gasteiger partial charge in [-0.05, 0) is 47.9 Å². The lowest BCUT2D eigenvalue weighted by atomic mass is 10.0. The number of aldehydes is 1. The minimum Gasteiger partial charge on any atom is -0.457 e. The van der Waals surface area contributed by atoms with Gasteiger partial charge < -0.3 is 24.6 Å². The van der Waals surface area contributed by atoms with Crippen LogP contribution in [-0.4, -0.2) is 26.3 Å². The topological polar surface area (TPSA) is 91.0 Å². The lowest BCUT2D eigenvalue weighted by Crippen LogP contribution is -2.01. The molecule has 5 aromatic rings. The molecule has 1 unspecified atom stereocenters. The average molecular weight is 464 g/mol. The molecule has 1 atom stereocenters. The molecule has 6 nitrogen and oxygen atoms in total. The number of carbonyl (C=O) groups excluding carboxylic acids is 1. The van der Waals surface area contributed by atoms with Gasteiger partial charge >= 0.3 is 0 Å². The van der Waals surface area contributed by atoms with E-state index in [1.165, 1.54) is 0 Å². The smallest absolute Gasteiger partial charge is 0.137 e. The highest BCUT2D eigenvalue weighted by Crippen LogP contribution is 2.33. The van der Waals surface area contributed by atoms with Crippen molar-refractivity contribution in [3.63, 3.8) is 0 Å². The number of aryl methyl sites for hydroxylation is 1. The van der Waals surface area contributed by atoms with Crippen LogP contribution in [0.25, 0.3) is 28.4 Å². The van der Waals surface area contributed by atoms with Gasteiger partial charge in [0, 0.05) is 34.6 Å². The number of carbonyl (C=O) groups is 1. The van der Waals surface area contributed by atoms with E-state index in [0.717, 1.165) is 39.4 Å². The maximum atomic E-state index is 10.9. The van der Waals surface area contributed by atoms with Crippen LogP contribution in [0.2, 0.25) is 0 Å². The molecule has 3 aromatic carbocycles. The summed E-state index contributed by atoms with van der Waals surface area (Å²) in [5.74, 6) is 2.02. The van der Waals surface area contributed by atoms with Crippen LogP contribution in [-0.2, 0) is 11.2 Å². The van der Waals surface area contributed by atoms with E-state index in [4.69, 9.17) is 4.74 Å². The third-order valence-corrected chi connectivity index (χ3v) is 5.98. The molecule has 35 heavy (non-hydrogen) atoms. The van der Waals surface area contributed by atoms with E-state index < -0.39 is 6.10 Å². The van der Waals surface area contributed by atoms with E-state index >= 15 is 0 Å². The molecule has 6 heteroatoms. The Morgan fingerprint density at radius 2 is 1.97 bits per heavy atom. The maximum absolute atomic E-state index is 10.9. The summed E-state index contributed by atoms with van der Waals surface area (Å²) in [6.07, 6.45) is 6.49. The molecule has 5 rings (SSSR count). The zero-order chi connectivity index (χ0) is 24.2. The number of H-pyrrole nitrogens is 2. The molecule has 3 N–H and O–H groups in total. The first-order valence-electron chi connectivity index (χ1n) is 11.4. The minimum absolute atomic E-state index is 0.458. The van der Waals surface area contributed by atoms with Crippen molar-refractivity contribution in [2.24, 2.45) is 0 Å². The summed E-state index contributed by atoms with van der Waals surface area (Å²) in [5.41, 5.74) is 5.13. The third kappa shape index (κ3) is 4.65. The van der Waals surface area contributed by atoms with Crippen molar-refractivity contribution in [3.05, 3.63) is 108 Å². The SMILES string of the molecule is C=Cc1c(Oc2cccc(-c3ncc(C(O)c4cccc(CCC=O)c4)[nH]3)c2)ccc2[nH]ccc12. The van der Waals surface area contributed by atoms with Crippen LogP contribution in [0.5, 0.6) is 11.5 Å². The van der Waals surface area contributed by atoms with Gasteiger partial charge in [-0.2, -0.15) is 0 Å². The number of nitrogens with zero attached hydrogens (tertiary/aromatic N) is 1. The van der Waals surface area contributed by atoms with Gasteiger partial charge in [-0.15, -0.1) is 0 Å². The largest absolute Gasteiger partial charge is 0.457 e. The lowest BCUT2D eigenvalue weighted by Gasteiger charge is -2.11. The fourth-order valence-corrected chi connectivity index (χ4v) is 4.21. The molecular formula is C29H25N3O3. The van der Waals surface area contributed by atoms with Crippen LogP contribution < -0.4 is 4.74 Å². The molecule has 174 valence electrons. The van der Waals surface area contributed by atoms with Gasteiger partial charge in [0.2, 0.25) is 0 Å². The zero-order valence-corrected chi connectivity index (χ0v) is 19.1. The van der Waals surface area contributed by atoms with Crippen LogP contribution in [0.3, 0.4) is 0 Å². The summed E-state index contributed by atoms with van der Waals surface area (Å²) >= 11 is 0. The van der Waals surface area contributed by atoms with Gasteiger partial charge in [-0.1, -0.05) is 49.1 Å².